The molecule has 1 aliphatic rings. The molecule has 0 aromatic carbocycles. The molecule has 1 heterocycles. The van der Waals surface area contributed by atoms with Crippen LogP contribution in [-0.2, 0) is 9.59 Å². The van der Waals surface area contributed by atoms with Gasteiger partial charge < -0.3 is 0 Å². The number of carbonyl (C=O) groups is 2. The van der Waals surface area contributed by atoms with Gasteiger partial charge in [0.05, 0.1) is 0 Å². The van der Waals surface area contributed by atoms with Crippen LogP contribution in [0.15, 0.2) is 0 Å². The molecule has 15 heavy (non-hydrogen) atoms. The van der Waals surface area contributed by atoms with Gasteiger partial charge in [-0.15, -0.1) is 0 Å². The zero-order valence-corrected chi connectivity index (χ0v) is 10.7. The van der Waals surface area contributed by atoms with Crippen molar-refractivity contribution in [2.45, 2.75) is 54.0 Å². The Bertz CT molecular complexity index is 231. The van der Waals surface area contributed by atoms with E-state index < -0.39 is 0 Å². The summed E-state index contributed by atoms with van der Waals surface area (Å²) < 4.78 is 0. The van der Waals surface area contributed by atoms with Crippen LogP contribution in [-0.4, -0.2) is 22.8 Å². The molecular weight excluding hydrogens is 190 g/mol. The van der Waals surface area contributed by atoms with E-state index in [0.29, 0.717) is 6.42 Å². The van der Waals surface area contributed by atoms with Gasteiger partial charge in [0, 0.05) is 18.4 Å². The largest absolute Gasteiger partial charge is 0.280 e. The third kappa shape index (κ3) is 4.45. The molecule has 0 saturated carbocycles. The van der Waals surface area contributed by atoms with Crippen LogP contribution in [0.4, 0.5) is 0 Å². The van der Waals surface area contributed by atoms with Crippen molar-refractivity contribution in [3.8, 4) is 0 Å². The first-order valence-corrected chi connectivity index (χ1v) is 5.63. The lowest BCUT2D eigenvalue weighted by molar-refractivity contribution is -0.141. The maximum Gasteiger partial charge on any atom is 0.232 e. The van der Waals surface area contributed by atoms with Crippen molar-refractivity contribution in [2.24, 2.45) is 11.8 Å². The summed E-state index contributed by atoms with van der Waals surface area (Å²) >= 11 is 0. The van der Waals surface area contributed by atoms with E-state index in [0.717, 1.165) is 5.92 Å². The van der Waals surface area contributed by atoms with Crippen LogP contribution in [0.3, 0.4) is 0 Å². The highest BCUT2D eigenvalue weighted by Crippen LogP contribution is 2.20. The highest BCUT2D eigenvalue weighted by molar-refractivity contribution is 6.03. The van der Waals surface area contributed by atoms with Gasteiger partial charge in [0.1, 0.15) is 0 Å². The van der Waals surface area contributed by atoms with E-state index >= 15 is 0 Å². The summed E-state index contributed by atoms with van der Waals surface area (Å²) in [4.78, 5) is 23.8. The van der Waals surface area contributed by atoms with Gasteiger partial charge >= 0.3 is 0 Å². The second-order valence-corrected chi connectivity index (χ2v) is 5.03. The Labute approximate surface area is 92.8 Å². The summed E-state index contributed by atoms with van der Waals surface area (Å²) in [5.74, 6) is 0.674. The molecule has 0 radical (unpaired) electrons. The molecule has 1 unspecified atom stereocenters. The van der Waals surface area contributed by atoms with Crippen molar-refractivity contribution in [3.63, 3.8) is 0 Å². The van der Waals surface area contributed by atoms with Gasteiger partial charge in [0.2, 0.25) is 11.8 Å². The standard InChI is InChI=1S/C8H13NO2.C4H10/c1-5(2)9-7(10)4-6(3)8(9)11;1-4(2)3/h5-6H,4H2,1-3H3;4H,1-3H3. The minimum absolute atomic E-state index is 0.0138. The number of imide groups is 1. The van der Waals surface area contributed by atoms with E-state index in [9.17, 15) is 9.59 Å². The van der Waals surface area contributed by atoms with E-state index in [4.69, 9.17) is 0 Å². The van der Waals surface area contributed by atoms with Crippen LogP contribution in [0, 0.1) is 11.8 Å². The number of nitrogens with zero attached hydrogens (tertiary/aromatic N) is 1. The number of hydrogen-bond acceptors (Lipinski definition) is 2. The fourth-order valence-corrected chi connectivity index (χ4v) is 1.35. The third-order valence-electron chi connectivity index (χ3n) is 1.92. The summed E-state index contributed by atoms with van der Waals surface area (Å²) in [6.07, 6.45) is 0.386. The smallest absolute Gasteiger partial charge is 0.232 e. The molecule has 0 aromatic heterocycles. The Hall–Kier alpha value is -0.860. The third-order valence-corrected chi connectivity index (χ3v) is 1.92. The summed E-state index contributed by atoms with van der Waals surface area (Å²) in [7, 11) is 0. The van der Waals surface area contributed by atoms with Gasteiger partial charge in [-0.25, -0.2) is 0 Å². The monoisotopic (exact) mass is 213 g/mol. The molecule has 1 rings (SSSR count). The highest BCUT2D eigenvalue weighted by atomic mass is 16.2. The first-order chi connectivity index (χ1) is 6.77. The van der Waals surface area contributed by atoms with Crippen molar-refractivity contribution in [2.75, 3.05) is 0 Å². The van der Waals surface area contributed by atoms with Crippen molar-refractivity contribution in [3.05, 3.63) is 0 Å². The van der Waals surface area contributed by atoms with E-state index in [1.807, 2.05) is 13.8 Å². The molecule has 0 aromatic rings. The minimum atomic E-state index is -0.107. The Kier molecular flexibility index (Phi) is 5.55. The molecule has 1 aliphatic heterocycles. The molecule has 1 fully saturated rings. The van der Waals surface area contributed by atoms with Gasteiger partial charge in [0.25, 0.3) is 0 Å². The van der Waals surface area contributed by atoms with E-state index in [2.05, 4.69) is 20.8 Å². The number of rotatable bonds is 1. The first kappa shape index (κ1) is 14.1. The van der Waals surface area contributed by atoms with Gasteiger partial charge in [0.15, 0.2) is 0 Å². The SMILES string of the molecule is CC(C)C.CC1CC(=O)N(C(C)C)C1=O. The van der Waals surface area contributed by atoms with Crippen molar-refractivity contribution < 1.29 is 9.59 Å². The van der Waals surface area contributed by atoms with Crippen LogP contribution < -0.4 is 0 Å². The molecule has 0 spiro atoms. The van der Waals surface area contributed by atoms with Crippen molar-refractivity contribution in [1.82, 2.24) is 4.90 Å². The number of carbonyl (C=O) groups excluding carboxylic acids is 2. The molecule has 3 nitrogen and oxygen atoms in total. The summed E-state index contributed by atoms with van der Waals surface area (Å²) in [6.45, 7) is 12.0. The molecule has 2 amide bonds. The molecule has 3 heteroatoms. The van der Waals surface area contributed by atoms with E-state index in [1.54, 1.807) is 6.92 Å². The number of amides is 2. The first-order valence-electron chi connectivity index (χ1n) is 5.63. The fourth-order valence-electron chi connectivity index (χ4n) is 1.35. The lowest BCUT2D eigenvalue weighted by atomic mass is 10.1. The predicted octanol–water partition coefficient (Wildman–Crippen LogP) is 2.45. The van der Waals surface area contributed by atoms with Gasteiger partial charge in [-0.05, 0) is 19.8 Å². The molecule has 0 bridgehead atoms. The maximum absolute atomic E-state index is 11.3. The normalized spacial score (nSPS) is 21.1. The lowest BCUT2D eigenvalue weighted by Gasteiger charge is -2.18. The Morgan fingerprint density at radius 2 is 1.53 bits per heavy atom. The molecule has 88 valence electrons. The molecule has 0 aliphatic carbocycles. The van der Waals surface area contributed by atoms with Crippen molar-refractivity contribution >= 4 is 11.8 Å². The lowest BCUT2D eigenvalue weighted by Crippen LogP contribution is -2.36. The average Bonchev–Trinajstić information content (AvgIpc) is 2.24. The Morgan fingerprint density at radius 3 is 1.67 bits per heavy atom. The van der Waals surface area contributed by atoms with E-state index in [1.165, 1.54) is 4.90 Å². The Balaban J connectivity index is 0.000000423. The highest BCUT2D eigenvalue weighted by Gasteiger charge is 2.36. The second-order valence-electron chi connectivity index (χ2n) is 5.03. The maximum atomic E-state index is 11.3. The van der Waals surface area contributed by atoms with Gasteiger partial charge in [-0.2, -0.15) is 0 Å². The van der Waals surface area contributed by atoms with E-state index in [-0.39, 0.29) is 23.8 Å². The van der Waals surface area contributed by atoms with Crippen LogP contribution in [0.25, 0.3) is 0 Å². The molecule has 1 saturated heterocycles. The predicted molar refractivity (Wildman–Crippen MR) is 61.3 cm³/mol. The van der Waals surface area contributed by atoms with Gasteiger partial charge in [-0.3, -0.25) is 14.5 Å². The molecule has 0 N–H and O–H groups in total. The number of hydrogen-bond donors (Lipinski definition) is 0. The zero-order valence-electron chi connectivity index (χ0n) is 10.7. The molecular formula is C12H23NO2. The van der Waals surface area contributed by atoms with Crippen LogP contribution in [0.2, 0.25) is 0 Å². The van der Waals surface area contributed by atoms with Crippen LogP contribution >= 0.6 is 0 Å². The summed E-state index contributed by atoms with van der Waals surface area (Å²) in [5.41, 5.74) is 0. The minimum Gasteiger partial charge on any atom is -0.280 e. The van der Waals surface area contributed by atoms with Crippen molar-refractivity contribution in [1.29, 1.82) is 0 Å². The Morgan fingerprint density at radius 1 is 1.13 bits per heavy atom. The quantitative estimate of drug-likeness (QED) is 0.627. The van der Waals surface area contributed by atoms with Crippen LogP contribution in [0.1, 0.15) is 48.0 Å². The summed E-state index contributed by atoms with van der Waals surface area (Å²) in [6, 6.07) is 0.0138. The zero-order chi connectivity index (χ0) is 12.2. The second kappa shape index (κ2) is 5.89. The van der Waals surface area contributed by atoms with Gasteiger partial charge in [-0.1, -0.05) is 27.7 Å². The average molecular weight is 213 g/mol. The van der Waals surface area contributed by atoms with Crippen LogP contribution in [0.5, 0.6) is 0 Å². The fraction of sp³-hybridized carbons (Fsp3) is 0.833. The topological polar surface area (TPSA) is 37.4 Å². The summed E-state index contributed by atoms with van der Waals surface area (Å²) in [5, 5.41) is 0. The number of likely N-dealkylation sites (tertiary alicyclic amines) is 1. The molecule has 1 atom stereocenters.